The van der Waals surface area contributed by atoms with Crippen LogP contribution in [-0.4, -0.2) is 69.7 Å². The van der Waals surface area contributed by atoms with E-state index in [0.29, 0.717) is 18.5 Å². The number of phenolic OH excluding ortho intramolecular Hbond substituents is 1. The van der Waals surface area contributed by atoms with Crippen LogP contribution < -0.4 is 15.4 Å². The van der Waals surface area contributed by atoms with Crippen LogP contribution in [0.2, 0.25) is 0 Å². The molecule has 0 aliphatic carbocycles. The molecule has 0 saturated heterocycles. The third-order valence-corrected chi connectivity index (χ3v) is 4.63. The van der Waals surface area contributed by atoms with E-state index < -0.39 is 30.6 Å². The van der Waals surface area contributed by atoms with Gasteiger partial charge in [0.2, 0.25) is 6.41 Å². The molecule has 0 aliphatic heterocycles. The maximum absolute atomic E-state index is 10.5. The average molecular weight is 478 g/mol. The van der Waals surface area contributed by atoms with Crippen molar-refractivity contribution < 1.29 is 44.7 Å². The summed E-state index contributed by atoms with van der Waals surface area (Å²) in [6, 6.07) is 12.7. The number of carbonyl (C=O) groups excluding carboxylic acids is 1. The third kappa shape index (κ3) is 10.3. The molecule has 11 heteroatoms. The van der Waals surface area contributed by atoms with Crippen LogP contribution in [0.15, 0.2) is 42.5 Å². The lowest BCUT2D eigenvalue weighted by Gasteiger charge is -2.18. The monoisotopic (exact) mass is 478 g/mol. The molecule has 0 heterocycles. The van der Waals surface area contributed by atoms with Gasteiger partial charge in [-0.2, -0.15) is 0 Å². The summed E-state index contributed by atoms with van der Waals surface area (Å²) < 4.78 is 5.14. The number of aliphatic carboxylic acids is 2. The number of aromatic hydroxyl groups is 1. The van der Waals surface area contributed by atoms with E-state index in [4.69, 9.17) is 20.1 Å². The number of aliphatic hydroxyl groups is 2. The Labute approximate surface area is 196 Å². The van der Waals surface area contributed by atoms with Crippen molar-refractivity contribution in [3.8, 4) is 11.5 Å². The number of amides is 1. The molecule has 2 rings (SSSR count). The van der Waals surface area contributed by atoms with E-state index in [1.54, 1.807) is 19.2 Å². The summed E-state index contributed by atoms with van der Waals surface area (Å²) >= 11 is 0. The Morgan fingerprint density at radius 3 is 2.24 bits per heavy atom. The fourth-order valence-corrected chi connectivity index (χ4v) is 2.81. The van der Waals surface area contributed by atoms with Gasteiger partial charge in [-0.1, -0.05) is 18.2 Å². The van der Waals surface area contributed by atoms with Crippen molar-refractivity contribution in [1.29, 1.82) is 0 Å². The zero-order valence-corrected chi connectivity index (χ0v) is 18.8. The lowest BCUT2D eigenvalue weighted by atomic mass is 10.1. The number of nitrogens with one attached hydrogen (secondary N) is 2. The maximum Gasteiger partial charge on any atom is 0.333 e. The average Bonchev–Trinajstić information content (AvgIpc) is 2.79. The largest absolute Gasteiger partial charge is 0.506 e. The first-order chi connectivity index (χ1) is 16.1. The standard InChI is InChI=1S/C19H24N2O4.C4H6O5/c1-13(9-14-3-6-16(25-2)7-4-14)20-11-19(24)15-5-8-18(23)17(10-15)21-12-22;5-2(4(8)9)1-3(6)7/h3-8,10,12-13,19-20,23-24H,9,11H2,1-2H3,(H,21,22);2,5H,1H2,(H,6,7)(H,8,9). The Morgan fingerprint density at radius 1 is 1.09 bits per heavy atom. The molecular weight excluding hydrogens is 448 g/mol. The molecule has 0 saturated carbocycles. The zero-order valence-electron chi connectivity index (χ0n) is 18.8. The summed E-state index contributed by atoms with van der Waals surface area (Å²) in [5.41, 5.74) is 2.07. The van der Waals surface area contributed by atoms with Crippen molar-refractivity contribution >= 4 is 24.0 Å². The van der Waals surface area contributed by atoms with Gasteiger partial charge in [-0.05, 0) is 48.7 Å². The number of rotatable bonds is 12. The normalized spacial score (nSPS) is 12.9. The van der Waals surface area contributed by atoms with Gasteiger partial charge in [0, 0.05) is 12.6 Å². The molecule has 1 amide bonds. The summed E-state index contributed by atoms with van der Waals surface area (Å²) in [7, 11) is 1.64. The van der Waals surface area contributed by atoms with Gasteiger partial charge in [0.25, 0.3) is 0 Å². The second kappa shape index (κ2) is 14.5. The first-order valence-corrected chi connectivity index (χ1v) is 10.3. The highest BCUT2D eigenvalue weighted by atomic mass is 16.5. The topological polar surface area (TPSA) is 186 Å². The van der Waals surface area contributed by atoms with Crippen molar-refractivity contribution in [2.24, 2.45) is 0 Å². The second-order valence-corrected chi connectivity index (χ2v) is 7.37. The van der Waals surface area contributed by atoms with E-state index in [9.17, 15) is 24.6 Å². The molecule has 11 nitrogen and oxygen atoms in total. The Balaban J connectivity index is 0.000000546. The SMILES string of the molecule is COc1ccc(CC(C)NCC(O)c2ccc(O)c(NC=O)c2)cc1.O=C(O)CC(O)C(=O)O. The minimum absolute atomic E-state index is 0.0381. The van der Waals surface area contributed by atoms with E-state index in [1.165, 1.54) is 11.6 Å². The molecular formula is C23H30N2O9. The van der Waals surface area contributed by atoms with Crippen LogP contribution in [0, 0.1) is 0 Å². The number of phenols is 1. The minimum atomic E-state index is -1.79. The summed E-state index contributed by atoms with van der Waals surface area (Å²) in [6.45, 7) is 2.41. The highest BCUT2D eigenvalue weighted by molar-refractivity contribution is 5.79. The lowest BCUT2D eigenvalue weighted by Crippen LogP contribution is -2.32. The van der Waals surface area contributed by atoms with Gasteiger partial charge in [0.15, 0.2) is 6.10 Å². The first-order valence-electron chi connectivity index (χ1n) is 10.3. The van der Waals surface area contributed by atoms with Crippen molar-refractivity contribution in [1.82, 2.24) is 5.32 Å². The van der Waals surface area contributed by atoms with Gasteiger partial charge in [-0.25, -0.2) is 4.79 Å². The third-order valence-electron chi connectivity index (χ3n) is 4.63. The molecule has 0 fully saturated rings. The van der Waals surface area contributed by atoms with E-state index in [0.717, 1.165) is 12.2 Å². The molecule has 0 bridgehead atoms. The number of hydrogen-bond donors (Lipinski definition) is 7. The molecule has 186 valence electrons. The first kappa shape index (κ1) is 28.4. The van der Waals surface area contributed by atoms with Crippen LogP contribution in [0.1, 0.15) is 30.6 Å². The quantitative estimate of drug-likeness (QED) is 0.172. The smallest absolute Gasteiger partial charge is 0.333 e. The zero-order chi connectivity index (χ0) is 25.7. The van der Waals surface area contributed by atoms with Crippen molar-refractivity contribution in [2.45, 2.75) is 38.0 Å². The Bertz CT molecular complexity index is 935. The van der Waals surface area contributed by atoms with E-state index in [1.807, 2.05) is 31.2 Å². The summed E-state index contributed by atoms with van der Waals surface area (Å²) in [5, 5.41) is 49.8. The summed E-state index contributed by atoms with van der Waals surface area (Å²) in [6.07, 6.45) is -1.98. The number of benzene rings is 2. The van der Waals surface area contributed by atoms with E-state index in [-0.39, 0.29) is 17.5 Å². The molecule has 34 heavy (non-hydrogen) atoms. The lowest BCUT2D eigenvalue weighted by molar-refractivity contribution is -0.152. The summed E-state index contributed by atoms with van der Waals surface area (Å²) in [4.78, 5) is 29.9. The maximum atomic E-state index is 10.5. The van der Waals surface area contributed by atoms with Gasteiger partial charge in [-0.3, -0.25) is 9.59 Å². The number of anilines is 1. The fourth-order valence-electron chi connectivity index (χ4n) is 2.81. The van der Waals surface area contributed by atoms with Gasteiger partial charge >= 0.3 is 11.9 Å². The number of carbonyl (C=O) groups is 3. The van der Waals surface area contributed by atoms with Gasteiger partial charge in [0.1, 0.15) is 11.5 Å². The van der Waals surface area contributed by atoms with Crippen LogP contribution in [0.25, 0.3) is 0 Å². The van der Waals surface area contributed by atoms with Gasteiger partial charge < -0.3 is 40.9 Å². The fraction of sp³-hybridized carbons (Fsp3) is 0.348. The van der Waals surface area contributed by atoms with Crippen LogP contribution >= 0.6 is 0 Å². The predicted octanol–water partition coefficient (Wildman–Crippen LogP) is 1.13. The van der Waals surface area contributed by atoms with Crippen molar-refractivity contribution in [3.05, 3.63) is 53.6 Å². The van der Waals surface area contributed by atoms with Crippen LogP contribution in [0.3, 0.4) is 0 Å². The van der Waals surface area contributed by atoms with Crippen LogP contribution in [-0.2, 0) is 20.8 Å². The van der Waals surface area contributed by atoms with Crippen molar-refractivity contribution in [2.75, 3.05) is 19.0 Å². The number of methoxy groups -OCH3 is 1. The van der Waals surface area contributed by atoms with Crippen LogP contribution in [0.4, 0.5) is 5.69 Å². The number of carboxylic acids is 2. The number of aliphatic hydroxyl groups excluding tert-OH is 2. The molecule has 0 aromatic heterocycles. The minimum Gasteiger partial charge on any atom is -0.506 e. The Hall–Kier alpha value is -3.67. The Kier molecular flexibility index (Phi) is 12.1. The highest BCUT2D eigenvalue weighted by Crippen LogP contribution is 2.26. The van der Waals surface area contributed by atoms with Gasteiger partial charge in [0.05, 0.1) is 25.3 Å². The molecule has 3 atom stereocenters. The molecule has 2 aromatic rings. The number of ether oxygens (including phenoxy) is 1. The summed E-state index contributed by atoms with van der Waals surface area (Å²) in [5.74, 6) is -2.06. The number of carboxylic acid groups (broad SMARTS) is 2. The predicted molar refractivity (Wildman–Crippen MR) is 123 cm³/mol. The molecule has 0 spiro atoms. The van der Waals surface area contributed by atoms with E-state index in [2.05, 4.69) is 10.6 Å². The van der Waals surface area contributed by atoms with Crippen LogP contribution in [0.5, 0.6) is 11.5 Å². The molecule has 7 N–H and O–H groups in total. The molecule has 2 aromatic carbocycles. The molecule has 0 radical (unpaired) electrons. The van der Waals surface area contributed by atoms with Gasteiger partial charge in [-0.15, -0.1) is 0 Å². The number of hydrogen-bond acceptors (Lipinski definition) is 8. The molecule has 0 aliphatic rings. The second-order valence-electron chi connectivity index (χ2n) is 7.37. The van der Waals surface area contributed by atoms with E-state index >= 15 is 0 Å². The molecule has 3 unspecified atom stereocenters. The highest BCUT2D eigenvalue weighted by Gasteiger charge is 2.16. The Morgan fingerprint density at radius 2 is 1.74 bits per heavy atom. The van der Waals surface area contributed by atoms with Crippen molar-refractivity contribution in [3.63, 3.8) is 0 Å².